The Balaban J connectivity index is 1.87. The smallest absolute Gasteiger partial charge is 0.321 e. The highest BCUT2D eigenvalue weighted by molar-refractivity contribution is 9.11. The Morgan fingerprint density at radius 2 is 2.05 bits per heavy atom. The van der Waals surface area contributed by atoms with Crippen LogP contribution < -0.4 is 5.32 Å². The second kappa shape index (κ2) is 5.92. The maximum Gasteiger partial charge on any atom is 0.321 e. The Kier molecular flexibility index (Phi) is 4.46. The normalized spacial score (nSPS) is 14.9. The summed E-state index contributed by atoms with van der Waals surface area (Å²) < 4.78 is 1.71. The molecule has 1 aromatic carbocycles. The summed E-state index contributed by atoms with van der Waals surface area (Å²) >= 11 is 6.71. The zero-order chi connectivity index (χ0) is 14.0. The zero-order valence-electron chi connectivity index (χ0n) is 9.90. The molecule has 2 N–H and O–H groups in total. The number of aliphatic carboxylic acids is 1. The van der Waals surface area contributed by atoms with Gasteiger partial charge in [0.2, 0.25) is 0 Å². The third kappa shape index (κ3) is 3.70. The fraction of sp³-hybridized carbons (Fsp3) is 0.333. The third-order valence-corrected chi connectivity index (χ3v) is 4.03. The van der Waals surface area contributed by atoms with Crippen LogP contribution in [0.1, 0.15) is 6.42 Å². The lowest BCUT2D eigenvalue weighted by molar-refractivity contribution is -0.139. The van der Waals surface area contributed by atoms with Gasteiger partial charge in [0.1, 0.15) is 0 Å². The van der Waals surface area contributed by atoms with Crippen molar-refractivity contribution < 1.29 is 14.7 Å². The largest absolute Gasteiger partial charge is 0.481 e. The molecule has 0 bridgehead atoms. The second-order valence-electron chi connectivity index (χ2n) is 4.42. The maximum atomic E-state index is 11.9. The molecular weight excluding hydrogens is 380 g/mol. The first-order valence-corrected chi connectivity index (χ1v) is 7.27. The number of rotatable bonds is 3. The summed E-state index contributed by atoms with van der Waals surface area (Å²) in [5.41, 5.74) is 0.690. The lowest BCUT2D eigenvalue weighted by Crippen LogP contribution is -2.52. The Morgan fingerprint density at radius 3 is 2.63 bits per heavy atom. The van der Waals surface area contributed by atoms with Crippen molar-refractivity contribution >= 4 is 49.5 Å². The van der Waals surface area contributed by atoms with Crippen molar-refractivity contribution in [3.63, 3.8) is 0 Å². The van der Waals surface area contributed by atoms with E-state index in [2.05, 4.69) is 37.2 Å². The highest BCUT2D eigenvalue weighted by Gasteiger charge is 2.32. The number of amides is 2. The van der Waals surface area contributed by atoms with Gasteiger partial charge in [-0.2, -0.15) is 0 Å². The average molecular weight is 392 g/mol. The molecule has 7 heteroatoms. The number of carboxylic acids is 1. The first kappa shape index (κ1) is 14.3. The van der Waals surface area contributed by atoms with Crippen LogP contribution in [-0.4, -0.2) is 35.1 Å². The van der Waals surface area contributed by atoms with Crippen LogP contribution in [-0.2, 0) is 4.79 Å². The van der Waals surface area contributed by atoms with Crippen molar-refractivity contribution in [3.8, 4) is 0 Å². The van der Waals surface area contributed by atoms with Gasteiger partial charge in [0.25, 0.3) is 0 Å². The van der Waals surface area contributed by atoms with E-state index in [4.69, 9.17) is 5.11 Å². The Morgan fingerprint density at radius 1 is 1.37 bits per heavy atom. The van der Waals surface area contributed by atoms with Gasteiger partial charge in [0, 0.05) is 28.0 Å². The highest BCUT2D eigenvalue weighted by atomic mass is 79.9. The van der Waals surface area contributed by atoms with E-state index in [1.165, 1.54) is 0 Å². The van der Waals surface area contributed by atoms with E-state index in [1.54, 1.807) is 11.0 Å². The van der Waals surface area contributed by atoms with Crippen molar-refractivity contribution in [2.45, 2.75) is 6.42 Å². The molecule has 0 saturated carbocycles. The van der Waals surface area contributed by atoms with E-state index >= 15 is 0 Å². The maximum absolute atomic E-state index is 11.9. The molecule has 1 aromatic rings. The van der Waals surface area contributed by atoms with E-state index in [-0.39, 0.29) is 18.4 Å². The van der Waals surface area contributed by atoms with Gasteiger partial charge >= 0.3 is 12.0 Å². The van der Waals surface area contributed by atoms with Crippen molar-refractivity contribution in [1.29, 1.82) is 0 Å². The molecule has 0 atom stereocenters. The number of benzene rings is 1. The number of nitrogens with zero attached hydrogens (tertiary/aromatic N) is 1. The van der Waals surface area contributed by atoms with Crippen LogP contribution in [0.15, 0.2) is 27.1 Å². The van der Waals surface area contributed by atoms with Crippen molar-refractivity contribution in [2.75, 3.05) is 18.4 Å². The van der Waals surface area contributed by atoms with E-state index < -0.39 is 5.97 Å². The average Bonchev–Trinajstić information content (AvgIpc) is 2.26. The van der Waals surface area contributed by atoms with Gasteiger partial charge in [-0.15, -0.1) is 0 Å². The van der Waals surface area contributed by atoms with Crippen molar-refractivity contribution in [2.24, 2.45) is 5.92 Å². The molecule has 102 valence electrons. The number of urea groups is 1. The number of hydrogen-bond donors (Lipinski definition) is 2. The standard InChI is InChI=1S/C12H12Br2N2O3/c13-8-1-2-10(9(14)4-8)15-12(19)16-5-7(6-16)3-11(17)18/h1-2,4,7H,3,5-6H2,(H,15,19)(H,17,18). The molecule has 1 aliphatic rings. The minimum absolute atomic E-state index is 0.0663. The summed E-state index contributed by atoms with van der Waals surface area (Å²) in [5.74, 6) is -0.752. The SMILES string of the molecule is O=C(O)CC1CN(C(=O)Nc2ccc(Br)cc2Br)C1. The molecule has 0 radical (unpaired) electrons. The van der Waals surface area contributed by atoms with Crippen LogP contribution >= 0.6 is 31.9 Å². The Bertz CT molecular complexity index is 516. The van der Waals surface area contributed by atoms with Gasteiger partial charge < -0.3 is 15.3 Å². The minimum atomic E-state index is -0.819. The first-order chi connectivity index (χ1) is 8.95. The Labute approximate surface area is 127 Å². The van der Waals surface area contributed by atoms with Gasteiger partial charge in [0.15, 0.2) is 0 Å². The summed E-state index contributed by atoms with van der Waals surface area (Å²) in [5, 5.41) is 11.4. The molecule has 1 aliphatic heterocycles. The molecule has 19 heavy (non-hydrogen) atoms. The topological polar surface area (TPSA) is 69.6 Å². The number of nitrogens with one attached hydrogen (secondary N) is 1. The summed E-state index contributed by atoms with van der Waals surface area (Å²) in [6.07, 6.45) is 0.117. The number of carbonyl (C=O) groups is 2. The lowest BCUT2D eigenvalue weighted by Gasteiger charge is -2.38. The van der Waals surface area contributed by atoms with Crippen LogP contribution in [0.5, 0.6) is 0 Å². The van der Waals surface area contributed by atoms with Crippen LogP contribution in [0.4, 0.5) is 10.5 Å². The van der Waals surface area contributed by atoms with Crippen LogP contribution in [0.2, 0.25) is 0 Å². The van der Waals surface area contributed by atoms with Crippen LogP contribution in [0, 0.1) is 5.92 Å². The van der Waals surface area contributed by atoms with Gasteiger partial charge in [-0.3, -0.25) is 4.79 Å². The molecule has 0 spiro atoms. The highest BCUT2D eigenvalue weighted by Crippen LogP contribution is 2.27. The summed E-state index contributed by atoms with van der Waals surface area (Å²) in [6, 6.07) is 5.27. The molecule has 1 saturated heterocycles. The molecule has 2 amide bonds. The second-order valence-corrected chi connectivity index (χ2v) is 6.19. The molecular formula is C12H12Br2N2O3. The predicted molar refractivity (Wildman–Crippen MR) is 78.2 cm³/mol. The first-order valence-electron chi connectivity index (χ1n) is 5.68. The summed E-state index contributed by atoms with van der Waals surface area (Å²) in [4.78, 5) is 24.0. The number of carboxylic acid groups (broad SMARTS) is 1. The molecule has 5 nitrogen and oxygen atoms in total. The van der Waals surface area contributed by atoms with Gasteiger partial charge in [-0.25, -0.2) is 4.79 Å². The van der Waals surface area contributed by atoms with Gasteiger partial charge in [0.05, 0.1) is 12.1 Å². The van der Waals surface area contributed by atoms with Crippen molar-refractivity contribution in [1.82, 2.24) is 4.90 Å². The fourth-order valence-electron chi connectivity index (χ4n) is 1.90. The van der Waals surface area contributed by atoms with Crippen LogP contribution in [0.25, 0.3) is 0 Å². The van der Waals surface area contributed by atoms with E-state index in [9.17, 15) is 9.59 Å². The van der Waals surface area contributed by atoms with Gasteiger partial charge in [-0.05, 0) is 34.1 Å². The van der Waals surface area contributed by atoms with E-state index in [1.807, 2.05) is 12.1 Å². The van der Waals surface area contributed by atoms with E-state index in [0.29, 0.717) is 18.8 Å². The molecule has 2 rings (SSSR count). The zero-order valence-corrected chi connectivity index (χ0v) is 13.1. The minimum Gasteiger partial charge on any atom is -0.481 e. The molecule has 0 aromatic heterocycles. The number of halogens is 2. The fourth-order valence-corrected chi connectivity index (χ4v) is 3.04. The molecule has 0 unspecified atom stereocenters. The van der Waals surface area contributed by atoms with Crippen LogP contribution in [0.3, 0.4) is 0 Å². The van der Waals surface area contributed by atoms with E-state index in [0.717, 1.165) is 8.95 Å². The summed E-state index contributed by atoms with van der Waals surface area (Å²) in [6.45, 7) is 0.985. The molecule has 0 aliphatic carbocycles. The third-order valence-electron chi connectivity index (χ3n) is 2.88. The number of anilines is 1. The lowest BCUT2D eigenvalue weighted by atomic mass is 9.97. The monoisotopic (exact) mass is 390 g/mol. The summed E-state index contributed by atoms with van der Waals surface area (Å²) in [7, 11) is 0. The number of likely N-dealkylation sites (tertiary alicyclic amines) is 1. The van der Waals surface area contributed by atoms with Gasteiger partial charge in [-0.1, -0.05) is 15.9 Å². The Hall–Kier alpha value is -1.08. The predicted octanol–water partition coefficient (Wildman–Crippen LogP) is 3.15. The quantitative estimate of drug-likeness (QED) is 0.831. The number of hydrogen-bond acceptors (Lipinski definition) is 2. The number of carbonyl (C=O) groups excluding carboxylic acids is 1. The molecule has 1 fully saturated rings. The van der Waals surface area contributed by atoms with Crippen molar-refractivity contribution in [3.05, 3.63) is 27.1 Å². The molecule has 1 heterocycles.